The first-order valence-corrected chi connectivity index (χ1v) is 12.4. The fraction of sp³-hybridized carbons (Fsp3) is 0.286. The van der Waals surface area contributed by atoms with Crippen molar-refractivity contribution >= 4 is 11.8 Å². The molecule has 2 heterocycles. The molecule has 0 aliphatic rings. The van der Waals surface area contributed by atoms with Crippen LogP contribution in [0, 0.1) is 0 Å². The van der Waals surface area contributed by atoms with E-state index in [0.717, 1.165) is 40.0 Å². The average Bonchev–Trinajstić information content (AvgIpc) is 2.95. The van der Waals surface area contributed by atoms with Gasteiger partial charge in [-0.15, -0.1) is 0 Å². The zero-order valence-corrected chi connectivity index (χ0v) is 21.8. The lowest BCUT2D eigenvalue weighted by atomic mass is 10.2. The van der Waals surface area contributed by atoms with Crippen molar-refractivity contribution in [2.75, 3.05) is 31.4 Å². The highest BCUT2D eigenvalue weighted by atomic mass is 16.5. The molecule has 0 atom stereocenters. The van der Waals surface area contributed by atoms with Crippen LogP contribution < -0.4 is 31.5 Å². The van der Waals surface area contributed by atoms with Crippen LogP contribution in [0.4, 0.5) is 11.8 Å². The molecule has 198 valence electrons. The number of anilines is 2. The van der Waals surface area contributed by atoms with Gasteiger partial charge in [-0.2, -0.15) is 4.98 Å². The highest BCUT2D eigenvalue weighted by molar-refractivity contribution is 5.45. The van der Waals surface area contributed by atoms with Crippen molar-refractivity contribution in [3.63, 3.8) is 0 Å². The number of ether oxygens (including phenoxy) is 2. The van der Waals surface area contributed by atoms with Crippen molar-refractivity contribution < 1.29 is 9.47 Å². The smallest absolute Gasteiger partial charge is 0.355 e. The van der Waals surface area contributed by atoms with E-state index < -0.39 is 11.4 Å². The molecular weight excluding hydrogens is 484 g/mol. The zero-order valence-electron chi connectivity index (χ0n) is 21.8. The van der Waals surface area contributed by atoms with Gasteiger partial charge in [0.15, 0.2) is 0 Å². The third kappa shape index (κ3) is 6.39. The van der Waals surface area contributed by atoms with Gasteiger partial charge in [0.1, 0.15) is 17.3 Å². The lowest BCUT2D eigenvalue weighted by molar-refractivity contribution is 0.414. The van der Waals surface area contributed by atoms with Gasteiger partial charge < -0.3 is 20.1 Å². The van der Waals surface area contributed by atoms with E-state index in [2.05, 4.69) is 27.5 Å². The van der Waals surface area contributed by atoms with Gasteiger partial charge in [-0.3, -0.25) is 4.57 Å². The summed E-state index contributed by atoms with van der Waals surface area (Å²) in [7, 11) is 3.18. The van der Waals surface area contributed by atoms with Crippen LogP contribution in [0.1, 0.15) is 30.0 Å². The van der Waals surface area contributed by atoms with Crippen molar-refractivity contribution in [2.24, 2.45) is 0 Å². The number of rotatable bonds is 12. The number of hydrogen-bond acceptors (Lipinski definition) is 8. The molecule has 0 fully saturated rings. The SMILES string of the molecule is CCCNc1ncccc1CNc1nc(=O)n(Cc2ccc(OC)cc2)c(=O)n1Cc1ccc(OC)cc1. The van der Waals surface area contributed by atoms with E-state index in [-0.39, 0.29) is 19.0 Å². The van der Waals surface area contributed by atoms with Crippen LogP contribution in [0.25, 0.3) is 0 Å². The monoisotopic (exact) mass is 516 g/mol. The Balaban J connectivity index is 1.69. The molecule has 4 aromatic rings. The van der Waals surface area contributed by atoms with Crippen LogP contribution in [0.5, 0.6) is 11.5 Å². The summed E-state index contributed by atoms with van der Waals surface area (Å²) in [5, 5.41) is 6.50. The average molecular weight is 517 g/mol. The fourth-order valence-corrected chi connectivity index (χ4v) is 3.93. The molecule has 10 nitrogen and oxygen atoms in total. The van der Waals surface area contributed by atoms with E-state index in [0.29, 0.717) is 18.0 Å². The van der Waals surface area contributed by atoms with E-state index in [1.54, 1.807) is 32.5 Å². The zero-order chi connectivity index (χ0) is 26.9. The molecule has 0 unspecified atom stereocenters. The Morgan fingerprint density at radius 1 is 0.816 bits per heavy atom. The first kappa shape index (κ1) is 26.5. The summed E-state index contributed by atoms with van der Waals surface area (Å²) in [6, 6.07) is 18.4. The number of methoxy groups -OCH3 is 2. The lowest BCUT2D eigenvalue weighted by Gasteiger charge is -2.17. The van der Waals surface area contributed by atoms with Gasteiger partial charge in [0.2, 0.25) is 5.95 Å². The summed E-state index contributed by atoms with van der Waals surface area (Å²) in [6.45, 7) is 3.50. The second-order valence-electron chi connectivity index (χ2n) is 8.66. The van der Waals surface area contributed by atoms with E-state index in [9.17, 15) is 9.59 Å². The van der Waals surface area contributed by atoms with E-state index >= 15 is 0 Å². The Morgan fingerprint density at radius 2 is 1.42 bits per heavy atom. The lowest BCUT2D eigenvalue weighted by Crippen LogP contribution is -2.43. The summed E-state index contributed by atoms with van der Waals surface area (Å²) >= 11 is 0. The van der Waals surface area contributed by atoms with E-state index in [1.807, 2.05) is 48.5 Å². The summed E-state index contributed by atoms with van der Waals surface area (Å²) in [6.07, 6.45) is 2.68. The predicted octanol–water partition coefficient (Wildman–Crippen LogP) is 3.35. The Hall–Kier alpha value is -4.60. The maximum absolute atomic E-state index is 13.7. The third-order valence-corrected chi connectivity index (χ3v) is 6.02. The Morgan fingerprint density at radius 3 is 2.00 bits per heavy atom. The van der Waals surface area contributed by atoms with Gasteiger partial charge in [-0.1, -0.05) is 37.3 Å². The minimum absolute atomic E-state index is 0.0885. The van der Waals surface area contributed by atoms with Gasteiger partial charge in [0.05, 0.1) is 27.3 Å². The number of hydrogen-bond donors (Lipinski definition) is 2. The maximum Gasteiger partial charge on any atom is 0.355 e. The van der Waals surface area contributed by atoms with Gasteiger partial charge in [-0.25, -0.2) is 19.1 Å². The Bertz CT molecular complexity index is 1460. The van der Waals surface area contributed by atoms with Crippen LogP contribution in [0.3, 0.4) is 0 Å². The largest absolute Gasteiger partial charge is 0.497 e. The second kappa shape index (κ2) is 12.6. The molecule has 0 aliphatic heterocycles. The van der Waals surface area contributed by atoms with Gasteiger partial charge >= 0.3 is 11.4 Å². The molecule has 2 aromatic carbocycles. The molecule has 0 saturated carbocycles. The second-order valence-corrected chi connectivity index (χ2v) is 8.66. The van der Waals surface area contributed by atoms with Crippen LogP contribution in [-0.4, -0.2) is 39.9 Å². The summed E-state index contributed by atoms with van der Waals surface area (Å²) in [4.78, 5) is 35.4. The number of nitrogens with one attached hydrogen (secondary N) is 2. The first-order chi connectivity index (χ1) is 18.5. The standard InChI is InChI=1S/C28H32N6O4/c1-4-15-29-25-22(6-5-16-30-25)17-31-26-32-27(35)34(19-21-9-13-24(38-3)14-10-21)28(36)33(26)18-20-7-11-23(37-2)12-8-20/h5-14,16H,4,15,17-19H2,1-3H3,(H,29,30)(H,31,32,35). The number of aromatic nitrogens is 4. The van der Waals surface area contributed by atoms with Crippen molar-refractivity contribution in [2.45, 2.75) is 33.0 Å². The van der Waals surface area contributed by atoms with Gasteiger partial charge in [0, 0.05) is 24.8 Å². The molecular formula is C28H32N6O4. The van der Waals surface area contributed by atoms with Crippen LogP contribution in [0.15, 0.2) is 76.4 Å². The van der Waals surface area contributed by atoms with Crippen LogP contribution in [0.2, 0.25) is 0 Å². The quantitative estimate of drug-likeness (QED) is 0.295. The van der Waals surface area contributed by atoms with E-state index in [4.69, 9.17) is 9.47 Å². The van der Waals surface area contributed by atoms with Gasteiger partial charge in [0.25, 0.3) is 0 Å². The van der Waals surface area contributed by atoms with E-state index in [1.165, 1.54) is 4.57 Å². The van der Waals surface area contributed by atoms with Crippen molar-refractivity contribution in [1.29, 1.82) is 0 Å². The summed E-state index contributed by atoms with van der Waals surface area (Å²) in [5.74, 6) is 2.34. The number of nitrogens with zero attached hydrogens (tertiary/aromatic N) is 4. The first-order valence-electron chi connectivity index (χ1n) is 12.4. The minimum atomic E-state index is -0.630. The number of benzene rings is 2. The Labute approximate surface area is 220 Å². The molecule has 0 amide bonds. The highest BCUT2D eigenvalue weighted by Gasteiger charge is 2.15. The van der Waals surface area contributed by atoms with Crippen molar-refractivity contribution in [3.8, 4) is 11.5 Å². The van der Waals surface area contributed by atoms with Crippen molar-refractivity contribution in [3.05, 3.63) is 105 Å². The Kier molecular flexibility index (Phi) is 8.76. The molecule has 0 spiro atoms. The molecule has 10 heteroatoms. The maximum atomic E-state index is 13.7. The van der Waals surface area contributed by atoms with Gasteiger partial charge in [-0.05, 0) is 47.9 Å². The molecule has 4 rings (SSSR count). The highest BCUT2D eigenvalue weighted by Crippen LogP contribution is 2.16. The number of pyridine rings is 1. The molecule has 2 aromatic heterocycles. The van der Waals surface area contributed by atoms with Crippen LogP contribution >= 0.6 is 0 Å². The minimum Gasteiger partial charge on any atom is -0.497 e. The molecule has 2 N–H and O–H groups in total. The molecule has 38 heavy (non-hydrogen) atoms. The molecule has 0 bridgehead atoms. The summed E-state index contributed by atoms with van der Waals surface area (Å²) in [5.41, 5.74) is 1.45. The molecule has 0 saturated heterocycles. The third-order valence-electron chi connectivity index (χ3n) is 6.02. The normalized spacial score (nSPS) is 10.7. The summed E-state index contributed by atoms with van der Waals surface area (Å²) < 4.78 is 13.1. The molecule has 0 radical (unpaired) electrons. The van der Waals surface area contributed by atoms with Crippen molar-refractivity contribution in [1.82, 2.24) is 19.1 Å². The molecule has 0 aliphatic carbocycles. The topological polar surface area (TPSA) is 112 Å². The fourth-order valence-electron chi connectivity index (χ4n) is 3.93. The predicted molar refractivity (Wildman–Crippen MR) is 147 cm³/mol. The van der Waals surface area contributed by atoms with Crippen LogP contribution in [-0.2, 0) is 19.6 Å².